The molecule has 0 saturated carbocycles. The third-order valence-corrected chi connectivity index (χ3v) is 14.7. The highest BCUT2D eigenvalue weighted by atomic mass is 35.5. The molecule has 0 amide bonds. The summed E-state index contributed by atoms with van der Waals surface area (Å²) in [5, 5.41) is 1.72. The number of ether oxygens (including phenoxy) is 2. The summed E-state index contributed by atoms with van der Waals surface area (Å²) in [6.45, 7) is 57.0. The number of hydrogen-bond donors (Lipinski definition) is 0. The lowest BCUT2D eigenvalue weighted by molar-refractivity contribution is -0.141. The Morgan fingerprint density at radius 2 is 0.811 bits per heavy atom. The summed E-state index contributed by atoms with van der Waals surface area (Å²) in [7, 11) is 3.26. The van der Waals surface area contributed by atoms with Crippen LogP contribution in [-0.2, 0) is 49.5 Å². The van der Waals surface area contributed by atoms with Crippen LogP contribution in [-0.4, -0.2) is 54.1 Å². The fraction of sp³-hybridized carbons (Fsp3) is 0.487. The number of methoxy groups -OCH3 is 2. The summed E-state index contributed by atoms with van der Waals surface area (Å²) in [6.07, 6.45) is 7.13. The van der Waals surface area contributed by atoms with Gasteiger partial charge in [-0.2, -0.15) is 13.2 Å². The highest BCUT2D eigenvalue weighted by Gasteiger charge is 2.32. The van der Waals surface area contributed by atoms with Crippen molar-refractivity contribution >= 4 is 34.8 Å². The molecule has 8 aromatic rings. The topological polar surface area (TPSA) is 122 Å². The van der Waals surface area contributed by atoms with Crippen molar-refractivity contribution in [2.75, 3.05) is 14.2 Å². The van der Waals surface area contributed by atoms with Crippen molar-refractivity contribution < 1.29 is 27.0 Å². The van der Waals surface area contributed by atoms with Crippen LogP contribution in [0, 0.1) is 26.6 Å². The molecule has 522 valence electrons. The van der Waals surface area contributed by atoms with E-state index in [4.69, 9.17) is 44.3 Å². The number of nitrogens with zero attached hydrogens (tertiary/aromatic N) is 8. The minimum atomic E-state index is -4.35. The quantitative estimate of drug-likeness (QED) is 0.122. The standard InChI is InChI=1S/C11H17NO.C10H12F3N.C10H15NO.2C10H15N.C9H11Cl2N.C9H12ClN.C9H12FN/c1-8-9(11(2,3)4)6-7-10(12-8)13-5;1-9(2,3)7-4-5-8(14-6-7)10(11,12)13;1-10(2,3)8-5-6-9(12-4)11-7-8;1-8-5-6-11-9(7-8)10(2,3)4;1-8-9(10(2,3)4)6-5-7-11-8;1-9(2,3)7-4-6(10)5-12-8(7)11;1-9(2,3)7-4-5-8(10)11-6-7;1-9(2,3)8-5-4-7(10)6-11-8/h6-7H,1-5H3;4-6H,1-3H3;5-7H,1-4H3;2*5-7H,1-4H3;4-5H,1-3H3;2*4-6H,1-3H3. The minimum Gasteiger partial charge on any atom is -0.481 e. The average molecular weight is 1370 g/mol. The molecule has 0 radical (unpaired) electrons. The van der Waals surface area contributed by atoms with Crippen LogP contribution in [0.1, 0.15) is 234 Å². The monoisotopic (exact) mass is 1370 g/mol. The van der Waals surface area contributed by atoms with Gasteiger partial charge in [-0.25, -0.2) is 24.3 Å². The SMILES string of the molecule is CC(C)(C)c1cc(Cl)cnc1Cl.CC(C)(C)c1ccc(C(F)(F)F)nc1.CC(C)(C)c1ccc(Cl)nc1.CC(C)(C)c1ccc(F)cn1.COc1ccc(C(C)(C)C)c(C)n1.COc1ccc(C(C)(C)C)cn1.Cc1ccnc(C(C)(C)C)c1.Cc1ncccc1C(C)(C)C. The second-order valence-corrected chi connectivity index (χ2v) is 32.3. The first-order valence-corrected chi connectivity index (χ1v) is 32.7. The van der Waals surface area contributed by atoms with Gasteiger partial charge in [0, 0.05) is 82.9 Å². The van der Waals surface area contributed by atoms with Crippen molar-refractivity contribution in [3.8, 4) is 11.8 Å². The molecule has 10 nitrogen and oxygen atoms in total. The van der Waals surface area contributed by atoms with E-state index >= 15 is 0 Å². The molecule has 0 aliphatic heterocycles. The number of aromatic nitrogens is 8. The van der Waals surface area contributed by atoms with Gasteiger partial charge in [0.15, 0.2) is 0 Å². The maximum Gasteiger partial charge on any atom is 0.433 e. The highest BCUT2D eigenvalue weighted by molar-refractivity contribution is 6.32. The Kier molecular flexibility index (Phi) is 33.3. The lowest BCUT2D eigenvalue weighted by Crippen LogP contribution is -2.14. The van der Waals surface area contributed by atoms with Crippen LogP contribution >= 0.6 is 34.8 Å². The number of alkyl halides is 3. The summed E-state index contributed by atoms with van der Waals surface area (Å²) in [5.41, 5.74) is 12.2. The van der Waals surface area contributed by atoms with Crippen LogP contribution in [0.3, 0.4) is 0 Å². The van der Waals surface area contributed by atoms with E-state index in [0.29, 0.717) is 27.1 Å². The van der Waals surface area contributed by atoms with Crippen LogP contribution in [0.4, 0.5) is 17.6 Å². The molecule has 0 aromatic carbocycles. The first-order chi connectivity index (χ1) is 43.1. The smallest absolute Gasteiger partial charge is 0.433 e. The van der Waals surface area contributed by atoms with E-state index in [-0.39, 0.29) is 49.1 Å². The lowest BCUT2D eigenvalue weighted by atomic mass is 9.86. The lowest BCUT2D eigenvalue weighted by Gasteiger charge is -2.20. The van der Waals surface area contributed by atoms with Crippen LogP contribution in [0.25, 0.3) is 0 Å². The number of halogens is 7. The van der Waals surface area contributed by atoms with Gasteiger partial charge in [0.2, 0.25) is 11.8 Å². The zero-order chi connectivity index (χ0) is 73.5. The van der Waals surface area contributed by atoms with E-state index in [1.165, 1.54) is 52.3 Å². The molecule has 8 rings (SSSR count). The van der Waals surface area contributed by atoms with Crippen molar-refractivity contribution in [1.29, 1.82) is 0 Å². The number of aryl methyl sites for hydroxylation is 3. The molecule has 0 saturated heterocycles. The van der Waals surface area contributed by atoms with E-state index in [0.717, 1.165) is 40.0 Å². The summed E-state index contributed by atoms with van der Waals surface area (Å²) in [5.74, 6) is 1.08. The molecule has 0 spiro atoms. The molecular formula is C78H109Cl3F4N8O2. The van der Waals surface area contributed by atoms with Crippen molar-refractivity contribution in [3.05, 3.63) is 223 Å². The molecular weight excluding hydrogens is 1260 g/mol. The molecule has 0 N–H and O–H groups in total. The zero-order valence-corrected chi connectivity index (χ0v) is 64.5. The molecule has 0 atom stereocenters. The Morgan fingerprint density at radius 3 is 1.15 bits per heavy atom. The van der Waals surface area contributed by atoms with Crippen molar-refractivity contribution in [1.82, 2.24) is 39.9 Å². The fourth-order valence-corrected chi connectivity index (χ4v) is 8.86. The van der Waals surface area contributed by atoms with Crippen LogP contribution in [0.15, 0.2) is 134 Å². The summed E-state index contributed by atoms with van der Waals surface area (Å²) < 4.78 is 58.9. The maximum atomic E-state index is 12.4. The third kappa shape index (κ3) is 33.3. The molecule has 0 aliphatic rings. The molecule has 8 aromatic heterocycles. The van der Waals surface area contributed by atoms with E-state index in [9.17, 15) is 17.6 Å². The molecule has 17 heteroatoms. The molecule has 0 fully saturated rings. The Morgan fingerprint density at radius 1 is 0.358 bits per heavy atom. The first-order valence-electron chi connectivity index (χ1n) is 31.6. The Bertz CT molecular complexity index is 3440. The Labute approximate surface area is 583 Å². The zero-order valence-electron chi connectivity index (χ0n) is 62.2. The number of hydrogen-bond acceptors (Lipinski definition) is 10. The highest BCUT2D eigenvalue weighted by Crippen LogP contribution is 2.32. The van der Waals surface area contributed by atoms with E-state index in [2.05, 4.69) is 197 Å². The third-order valence-electron chi connectivity index (χ3n) is 14.0. The molecule has 0 aliphatic carbocycles. The van der Waals surface area contributed by atoms with E-state index < -0.39 is 11.9 Å². The van der Waals surface area contributed by atoms with Crippen molar-refractivity contribution in [2.45, 2.75) is 236 Å². The van der Waals surface area contributed by atoms with Gasteiger partial charge in [0.25, 0.3) is 0 Å². The maximum absolute atomic E-state index is 12.4. The summed E-state index contributed by atoms with van der Waals surface area (Å²) >= 11 is 17.4. The molecule has 0 unspecified atom stereocenters. The second-order valence-electron chi connectivity index (χ2n) is 31.1. The molecule has 0 bridgehead atoms. The van der Waals surface area contributed by atoms with Gasteiger partial charge < -0.3 is 9.47 Å². The molecule has 8 heterocycles. The second kappa shape index (κ2) is 36.7. The predicted octanol–water partition coefficient (Wildman–Crippen LogP) is 23.1. The fourth-order valence-electron chi connectivity index (χ4n) is 8.21. The van der Waals surface area contributed by atoms with Gasteiger partial charge in [-0.05, 0) is 141 Å². The summed E-state index contributed by atoms with van der Waals surface area (Å²) in [4.78, 5) is 32.4. The average Bonchev–Trinajstić information content (AvgIpc) is 0.871. The summed E-state index contributed by atoms with van der Waals surface area (Å²) in [6, 6.07) is 27.6. The van der Waals surface area contributed by atoms with Gasteiger partial charge in [-0.3, -0.25) is 19.9 Å². The van der Waals surface area contributed by atoms with Crippen LogP contribution < -0.4 is 9.47 Å². The van der Waals surface area contributed by atoms with Crippen LogP contribution in [0.2, 0.25) is 15.3 Å². The minimum absolute atomic E-state index is 0.00498. The first kappa shape index (κ1) is 86.4. The number of rotatable bonds is 2. The van der Waals surface area contributed by atoms with Gasteiger partial charge in [0.1, 0.15) is 21.8 Å². The van der Waals surface area contributed by atoms with E-state index in [1.54, 1.807) is 26.5 Å². The van der Waals surface area contributed by atoms with Gasteiger partial charge in [-0.1, -0.05) is 231 Å². The predicted molar refractivity (Wildman–Crippen MR) is 391 cm³/mol. The van der Waals surface area contributed by atoms with E-state index in [1.807, 2.05) is 122 Å². The van der Waals surface area contributed by atoms with Gasteiger partial charge in [0.05, 0.1) is 25.4 Å². The van der Waals surface area contributed by atoms with Crippen molar-refractivity contribution in [2.24, 2.45) is 0 Å². The Balaban J connectivity index is 0.000000544. The number of pyridine rings is 8. The van der Waals surface area contributed by atoms with Gasteiger partial charge in [-0.15, -0.1) is 0 Å². The normalized spacial score (nSPS) is 11.8. The molecule has 95 heavy (non-hydrogen) atoms. The van der Waals surface area contributed by atoms with Crippen molar-refractivity contribution in [3.63, 3.8) is 0 Å². The Hall–Kier alpha value is -6.61. The van der Waals surface area contributed by atoms with Crippen LogP contribution in [0.5, 0.6) is 11.8 Å². The van der Waals surface area contributed by atoms with Gasteiger partial charge >= 0.3 is 6.18 Å². The largest absolute Gasteiger partial charge is 0.481 e.